The number of amides is 1. The highest BCUT2D eigenvalue weighted by atomic mass is 19.1. The lowest BCUT2D eigenvalue weighted by atomic mass is 10.1. The molecule has 0 aliphatic carbocycles. The van der Waals surface area contributed by atoms with Crippen LogP contribution >= 0.6 is 0 Å². The van der Waals surface area contributed by atoms with Gasteiger partial charge in [0.1, 0.15) is 5.82 Å². The van der Waals surface area contributed by atoms with Gasteiger partial charge in [-0.25, -0.2) is 4.39 Å². The van der Waals surface area contributed by atoms with Crippen LogP contribution in [-0.2, 0) is 12.8 Å². The second-order valence-corrected chi connectivity index (χ2v) is 5.46. The third kappa shape index (κ3) is 3.95. The Balaban J connectivity index is 2.40. The fraction of sp³-hybridized carbons (Fsp3) is 0.368. The number of aromatic nitrogens is 1. The molecule has 1 aromatic heterocycles. The summed E-state index contributed by atoms with van der Waals surface area (Å²) in [4.78, 5) is 18.8. The molecule has 1 amide bonds. The zero-order chi connectivity index (χ0) is 16.8. The molecule has 4 heteroatoms. The summed E-state index contributed by atoms with van der Waals surface area (Å²) in [6.07, 6.45) is 4.09. The van der Waals surface area contributed by atoms with Crippen molar-refractivity contribution in [2.75, 3.05) is 11.4 Å². The Morgan fingerprint density at radius 1 is 1.17 bits per heavy atom. The molecule has 0 atom stereocenters. The van der Waals surface area contributed by atoms with E-state index < -0.39 is 0 Å². The zero-order valence-corrected chi connectivity index (χ0v) is 14.0. The van der Waals surface area contributed by atoms with E-state index in [1.165, 1.54) is 12.1 Å². The summed E-state index contributed by atoms with van der Waals surface area (Å²) in [6.45, 7) is 6.51. The van der Waals surface area contributed by atoms with Crippen LogP contribution in [0.25, 0.3) is 0 Å². The molecule has 0 radical (unpaired) electrons. The molecular formula is C19H23FN2O. The van der Waals surface area contributed by atoms with Crippen molar-refractivity contribution in [3.05, 3.63) is 59.2 Å². The number of hydrogen-bond acceptors (Lipinski definition) is 2. The average Bonchev–Trinajstić information content (AvgIpc) is 2.57. The molecule has 0 aliphatic heterocycles. The number of rotatable bonds is 6. The number of carbonyl (C=O) groups is 1. The second-order valence-electron chi connectivity index (χ2n) is 5.46. The van der Waals surface area contributed by atoms with Gasteiger partial charge in [0.15, 0.2) is 0 Å². The lowest BCUT2D eigenvalue weighted by Gasteiger charge is -2.24. The van der Waals surface area contributed by atoms with Crippen LogP contribution in [0.1, 0.15) is 48.8 Å². The molecule has 0 bridgehead atoms. The van der Waals surface area contributed by atoms with E-state index in [0.717, 1.165) is 36.2 Å². The van der Waals surface area contributed by atoms with Crippen LogP contribution in [-0.4, -0.2) is 17.4 Å². The number of aryl methyl sites for hydroxylation is 2. The summed E-state index contributed by atoms with van der Waals surface area (Å²) >= 11 is 0. The Hall–Kier alpha value is -2.23. The van der Waals surface area contributed by atoms with Crippen molar-refractivity contribution in [2.24, 2.45) is 0 Å². The van der Waals surface area contributed by atoms with Gasteiger partial charge in [-0.2, -0.15) is 0 Å². The maximum atomic E-state index is 13.5. The molecule has 0 fully saturated rings. The lowest BCUT2D eigenvalue weighted by Crippen LogP contribution is -2.31. The van der Waals surface area contributed by atoms with Crippen LogP contribution in [0.2, 0.25) is 0 Å². The van der Waals surface area contributed by atoms with E-state index in [0.29, 0.717) is 12.1 Å². The van der Waals surface area contributed by atoms with E-state index >= 15 is 0 Å². The van der Waals surface area contributed by atoms with Crippen molar-refractivity contribution < 1.29 is 9.18 Å². The smallest absolute Gasteiger partial charge is 0.258 e. The Morgan fingerprint density at radius 3 is 2.61 bits per heavy atom. The largest absolute Gasteiger partial charge is 0.308 e. The van der Waals surface area contributed by atoms with Gasteiger partial charge in [-0.1, -0.05) is 20.3 Å². The van der Waals surface area contributed by atoms with Crippen molar-refractivity contribution in [1.82, 2.24) is 4.98 Å². The Labute approximate surface area is 137 Å². The molecule has 3 nitrogen and oxygen atoms in total. The SMILES string of the molecule is CCCc1cc(F)ccc1N(CC)C(=O)c1ccnc(CC)c1. The minimum absolute atomic E-state index is 0.0754. The molecule has 23 heavy (non-hydrogen) atoms. The van der Waals surface area contributed by atoms with Crippen molar-refractivity contribution in [2.45, 2.75) is 40.0 Å². The van der Waals surface area contributed by atoms with Crippen LogP contribution in [0.3, 0.4) is 0 Å². The van der Waals surface area contributed by atoms with E-state index in [1.54, 1.807) is 23.2 Å². The molecule has 122 valence electrons. The van der Waals surface area contributed by atoms with Gasteiger partial charge in [-0.05, 0) is 55.7 Å². The molecule has 1 aromatic carbocycles. The van der Waals surface area contributed by atoms with Crippen molar-refractivity contribution in [3.63, 3.8) is 0 Å². The number of pyridine rings is 1. The van der Waals surface area contributed by atoms with E-state index in [1.807, 2.05) is 26.8 Å². The van der Waals surface area contributed by atoms with Gasteiger partial charge in [-0.3, -0.25) is 9.78 Å². The highest BCUT2D eigenvalue weighted by molar-refractivity contribution is 6.06. The van der Waals surface area contributed by atoms with Crippen molar-refractivity contribution >= 4 is 11.6 Å². The summed E-state index contributed by atoms with van der Waals surface area (Å²) in [5.74, 6) is -0.341. The maximum absolute atomic E-state index is 13.5. The van der Waals surface area contributed by atoms with E-state index in [4.69, 9.17) is 0 Å². The van der Waals surface area contributed by atoms with E-state index in [9.17, 15) is 9.18 Å². The van der Waals surface area contributed by atoms with Crippen LogP contribution < -0.4 is 4.90 Å². The summed E-state index contributed by atoms with van der Waals surface area (Å²) < 4.78 is 13.5. The molecule has 1 heterocycles. The van der Waals surface area contributed by atoms with Gasteiger partial charge in [0, 0.05) is 29.7 Å². The number of halogens is 1. The van der Waals surface area contributed by atoms with Gasteiger partial charge >= 0.3 is 0 Å². The molecule has 2 rings (SSSR count). The number of anilines is 1. The molecule has 0 saturated carbocycles. The minimum Gasteiger partial charge on any atom is -0.308 e. The molecule has 0 N–H and O–H groups in total. The molecule has 0 spiro atoms. The van der Waals surface area contributed by atoms with Gasteiger partial charge in [-0.15, -0.1) is 0 Å². The fourth-order valence-corrected chi connectivity index (χ4v) is 2.67. The number of nitrogens with zero attached hydrogens (tertiary/aromatic N) is 2. The van der Waals surface area contributed by atoms with Crippen LogP contribution in [0, 0.1) is 5.82 Å². The second kappa shape index (κ2) is 7.86. The standard InChI is InChI=1S/C19H23FN2O/c1-4-7-14-12-16(20)8-9-18(14)22(6-3)19(23)15-10-11-21-17(5-2)13-15/h8-13H,4-7H2,1-3H3. The molecule has 0 saturated heterocycles. The number of hydrogen-bond donors (Lipinski definition) is 0. The maximum Gasteiger partial charge on any atom is 0.258 e. The quantitative estimate of drug-likeness (QED) is 0.791. The first kappa shape index (κ1) is 17.1. The van der Waals surface area contributed by atoms with E-state index in [-0.39, 0.29) is 11.7 Å². The first-order valence-electron chi connectivity index (χ1n) is 8.15. The Bertz CT molecular complexity index is 685. The molecule has 2 aromatic rings. The Kier molecular flexibility index (Phi) is 5.85. The number of benzene rings is 1. The van der Waals surface area contributed by atoms with Gasteiger partial charge in [0.05, 0.1) is 0 Å². The summed E-state index contributed by atoms with van der Waals surface area (Å²) in [7, 11) is 0. The zero-order valence-electron chi connectivity index (χ0n) is 14.0. The number of carbonyl (C=O) groups excluding carboxylic acids is 1. The monoisotopic (exact) mass is 314 g/mol. The normalized spacial score (nSPS) is 10.6. The highest BCUT2D eigenvalue weighted by Crippen LogP contribution is 2.25. The summed E-state index contributed by atoms with van der Waals surface area (Å²) in [6, 6.07) is 8.19. The lowest BCUT2D eigenvalue weighted by molar-refractivity contribution is 0.0988. The summed E-state index contributed by atoms with van der Waals surface area (Å²) in [5.41, 5.74) is 3.16. The van der Waals surface area contributed by atoms with E-state index in [2.05, 4.69) is 4.98 Å². The predicted molar refractivity (Wildman–Crippen MR) is 91.4 cm³/mol. The molecule has 0 aliphatic rings. The fourth-order valence-electron chi connectivity index (χ4n) is 2.67. The van der Waals surface area contributed by atoms with Gasteiger partial charge < -0.3 is 4.90 Å². The summed E-state index contributed by atoms with van der Waals surface area (Å²) in [5, 5.41) is 0. The molecular weight excluding hydrogens is 291 g/mol. The van der Waals surface area contributed by atoms with Crippen LogP contribution in [0.5, 0.6) is 0 Å². The molecule has 0 unspecified atom stereocenters. The Morgan fingerprint density at radius 2 is 1.96 bits per heavy atom. The predicted octanol–water partition coefficient (Wildman–Crippen LogP) is 4.40. The van der Waals surface area contributed by atoms with Crippen LogP contribution in [0.4, 0.5) is 10.1 Å². The third-order valence-electron chi connectivity index (χ3n) is 3.84. The van der Waals surface area contributed by atoms with Crippen LogP contribution in [0.15, 0.2) is 36.5 Å². The highest BCUT2D eigenvalue weighted by Gasteiger charge is 2.19. The minimum atomic E-state index is -0.266. The van der Waals surface area contributed by atoms with Gasteiger partial charge in [0.2, 0.25) is 0 Å². The van der Waals surface area contributed by atoms with Crippen molar-refractivity contribution in [3.8, 4) is 0 Å². The first-order chi connectivity index (χ1) is 11.1. The first-order valence-corrected chi connectivity index (χ1v) is 8.15. The average molecular weight is 314 g/mol. The topological polar surface area (TPSA) is 33.2 Å². The van der Waals surface area contributed by atoms with Gasteiger partial charge in [0.25, 0.3) is 5.91 Å². The van der Waals surface area contributed by atoms with Crippen molar-refractivity contribution in [1.29, 1.82) is 0 Å². The third-order valence-corrected chi connectivity index (χ3v) is 3.84.